The summed E-state index contributed by atoms with van der Waals surface area (Å²) in [4.78, 5) is 23.7. The second-order valence-corrected chi connectivity index (χ2v) is 5.76. The topological polar surface area (TPSA) is 79.2 Å². The Hall–Kier alpha value is -2.35. The summed E-state index contributed by atoms with van der Waals surface area (Å²) in [6.07, 6.45) is 2.77. The number of hydrogen-bond donors (Lipinski definition) is 1. The molecule has 1 N–H and O–H groups in total. The van der Waals surface area contributed by atoms with Crippen LogP contribution < -0.4 is 5.32 Å². The van der Waals surface area contributed by atoms with Crippen molar-refractivity contribution in [1.82, 2.24) is 5.32 Å². The smallest absolute Gasteiger partial charge is 0.338 e. The number of aryl methyl sites for hydroxylation is 1. The first-order chi connectivity index (χ1) is 10.5. The van der Waals surface area contributed by atoms with Gasteiger partial charge in [-0.25, -0.2) is 4.79 Å². The molecular formula is C17H20N2O3. The second-order valence-electron chi connectivity index (χ2n) is 5.76. The molecule has 0 unspecified atom stereocenters. The molecular weight excluding hydrogens is 280 g/mol. The number of benzene rings is 1. The average molecular weight is 300 g/mol. The SMILES string of the molecule is CCc1ccc(C(=O)OCC(=O)N[C@@](C)(C#N)C2CC2)cc1. The lowest BCUT2D eigenvalue weighted by atomic mass is 9.98. The number of rotatable bonds is 6. The molecule has 0 saturated heterocycles. The summed E-state index contributed by atoms with van der Waals surface area (Å²) in [6.45, 7) is 3.36. The van der Waals surface area contributed by atoms with Crippen LogP contribution in [-0.4, -0.2) is 24.0 Å². The van der Waals surface area contributed by atoms with Crippen LogP contribution in [-0.2, 0) is 16.0 Å². The molecule has 1 aromatic carbocycles. The van der Waals surface area contributed by atoms with E-state index in [2.05, 4.69) is 11.4 Å². The number of amides is 1. The van der Waals surface area contributed by atoms with Crippen molar-refractivity contribution in [2.24, 2.45) is 5.92 Å². The van der Waals surface area contributed by atoms with Crippen molar-refractivity contribution < 1.29 is 14.3 Å². The van der Waals surface area contributed by atoms with Crippen molar-refractivity contribution in [3.05, 3.63) is 35.4 Å². The number of carbonyl (C=O) groups excluding carboxylic acids is 2. The maximum Gasteiger partial charge on any atom is 0.338 e. The molecule has 1 aromatic rings. The fourth-order valence-electron chi connectivity index (χ4n) is 2.30. The van der Waals surface area contributed by atoms with Gasteiger partial charge in [0.15, 0.2) is 6.61 Å². The van der Waals surface area contributed by atoms with Crippen molar-refractivity contribution in [3.8, 4) is 6.07 Å². The molecule has 0 aromatic heterocycles. The highest BCUT2D eigenvalue weighted by molar-refractivity contribution is 5.91. The summed E-state index contributed by atoms with van der Waals surface area (Å²) in [6, 6.07) is 9.21. The molecule has 116 valence electrons. The van der Waals surface area contributed by atoms with Crippen molar-refractivity contribution in [2.45, 2.75) is 38.6 Å². The third-order valence-corrected chi connectivity index (χ3v) is 3.96. The fourth-order valence-corrected chi connectivity index (χ4v) is 2.30. The Labute approximate surface area is 130 Å². The normalized spacial score (nSPS) is 16.2. The minimum absolute atomic E-state index is 0.193. The Morgan fingerprint density at radius 1 is 1.36 bits per heavy atom. The van der Waals surface area contributed by atoms with Crippen LogP contribution >= 0.6 is 0 Å². The van der Waals surface area contributed by atoms with Crippen LogP contribution in [0.3, 0.4) is 0 Å². The molecule has 1 atom stereocenters. The van der Waals surface area contributed by atoms with Crippen LogP contribution in [0.5, 0.6) is 0 Å². The lowest BCUT2D eigenvalue weighted by Gasteiger charge is -2.22. The van der Waals surface area contributed by atoms with Gasteiger partial charge in [-0.2, -0.15) is 5.26 Å². The summed E-state index contributed by atoms with van der Waals surface area (Å²) in [5.41, 5.74) is 0.672. The molecule has 0 radical (unpaired) electrons. The number of hydrogen-bond acceptors (Lipinski definition) is 4. The summed E-state index contributed by atoms with van der Waals surface area (Å²) in [7, 11) is 0. The largest absolute Gasteiger partial charge is 0.452 e. The summed E-state index contributed by atoms with van der Waals surface area (Å²) >= 11 is 0. The zero-order valence-electron chi connectivity index (χ0n) is 12.9. The number of esters is 1. The van der Waals surface area contributed by atoms with E-state index in [0.717, 1.165) is 24.8 Å². The summed E-state index contributed by atoms with van der Waals surface area (Å²) in [5, 5.41) is 11.8. The minimum Gasteiger partial charge on any atom is -0.452 e. The van der Waals surface area contributed by atoms with E-state index in [1.807, 2.05) is 19.1 Å². The molecule has 22 heavy (non-hydrogen) atoms. The van der Waals surface area contributed by atoms with Gasteiger partial charge in [0.2, 0.25) is 0 Å². The van der Waals surface area contributed by atoms with Crippen molar-refractivity contribution in [3.63, 3.8) is 0 Å². The molecule has 0 aliphatic heterocycles. The molecule has 1 amide bonds. The number of carbonyl (C=O) groups is 2. The van der Waals surface area contributed by atoms with Crippen LogP contribution in [0.4, 0.5) is 0 Å². The Balaban J connectivity index is 1.85. The first-order valence-electron chi connectivity index (χ1n) is 7.47. The third-order valence-electron chi connectivity index (χ3n) is 3.96. The van der Waals surface area contributed by atoms with Gasteiger partial charge in [-0.05, 0) is 49.8 Å². The van der Waals surface area contributed by atoms with Crippen LogP contribution in [0.15, 0.2) is 24.3 Å². The van der Waals surface area contributed by atoms with Crippen LogP contribution in [0.2, 0.25) is 0 Å². The number of nitrogens with one attached hydrogen (secondary N) is 1. The van der Waals surface area contributed by atoms with E-state index in [9.17, 15) is 14.9 Å². The highest BCUT2D eigenvalue weighted by atomic mass is 16.5. The van der Waals surface area contributed by atoms with Crippen LogP contribution in [0.25, 0.3) is 0 Å². The number of ether oxygens (including phenoxy) is 1. The predicted molar refractivity (Wildman–Crippen MR) is 81.0 cm³/mol. The molecule has 5 heteroatoms. The summed E-state index contributed by atoms with van der Waals surface area (Å²) in [5.74, 6) is -0.795. The molecule has 5 nitrogen and oxygen atoms in total. The first-order valence-corrected chi connectivity index (χ1v) is 7.47. The van der Waals surface area contributed by atoms with Gasteiger partial charge in [0.05, 0.1) is 11.6 Å². The highest BCUT2D eigenvalue weighted by Crippen LogP contribution is 2.39. The van der Waals surface area contributed by atoms with Gasteiger partial charge in [-0.15, -0.1) is 0 Å². The molecule has 0 heterocycles. The molecule has 1 saturated carbocycles. The Kier molecular flexibility index (Phi) is 4.81. The third kappa shape index (κ3) is 3.85. The average Bonchev–Trinajstić information content (AvgIpc) is 3.38. The Morgan fingerprint density at radius 2 is 2.00 bits per heavy atom. The zero-order valence-corrected chi connectivity index (χ0v) is 12.9. The van der Waals surface area contributed by atoms with Gasteiger partial charge in [-0.3, -0.25) is 4.79 Å². The van der Waals surface area contributed by atoms with E-state index >= 15 is 0 Å². The van der Waals surface area contributed by atoms with Gasteiger partial charge in [-0.1, -0.05) is 19.1 Å². The Bertz CT molecular complexity index is 599. The molecule has 0 spiro atoms. The highest BCUT2D eigenvalue weighted by Gasteiger charge is 2.43. The zero-order chi connectivity index (χ0) is 16.2. The van der Waals surface area contributed by atoms with Crippen LogP contribution in [0, 0.1) is 17.2 Å². The van der Waals surface area contributed by atoms with Gasteiger partial charge in [0, 0.05) is 0 Å². The van der Waals surface area contributed by atoms with Gasteiger partial charge in [0.1, 0.15) is 5.54 Å². The lowest BCUT2D eigenvalue weighted by molar-refractivity contribution is -0.125. The van der Waals surface area contributed by atoms with Crippen LogP contribution in [0.1, 0.15) is 42.6 Å². The predicted octanol–water partition coefficient (Wildman–Crippen LogP) is 2.21. The van der Waals surface area contributed by atoms with Crippen molar-refractivity contribution in [1.29, 1.82) is 5.26 Å². The molecule has 1 aliphatic carbocycles. The molecule has 0 bridgehead atoms. The molecule has 1 aliphatic rings. The number of nitriles is 1. The molecule has 2 rings (SSSR count). The second kappa shape index (κ2) is 6.61. The first kappa shape index (κ1) is 16.0. The quantitative estimate of drug-likeness (QED) is 0.817. The standard InChI is InChI=1S/C17H20N2O3/c1-3-12-4-6-13(7-5-12)16(21)22-10-15(20)19-17(2,11-18)14-8-9-14/h4-7,14H,3,8-10H2,1-2H3,(H,19,20)/t17-/m0/s1. The van der Waals surface area contributed by atoms with Gasteiger partial charge >= 0.3 is 5.97 Å². The van der Waals surface area contributed by atoms with E-state index in [-0.39, 0.29) is 12.5 Å². The van der Waals surface area contributed by atoms with E-state index in [0.29, 0.717) is 5.56 Å². The lowest BCUT2D eigenvalue weighted by Crippen LogP contribution is -2.48. The maximum absolute atomic E-state index is 11.9. The van der Waals surface area contributed by atoms with E-state index < -0.39 is 17.4 Å². The summed E-state index contributed by atoms with van der Waals surface area (Å²) < 4.78 is 4.99. The minimum atomic E-state index is -0.869. The van der Waals surface area contributed by atoms with E-state index in [4.69, 9.17) is 4.74 Å². The Morgan fingerprint density at radius 3 is 2.50 bits per heavy atom. The monoisotopic (exact) mass is 300 g/mol. The number of nitrogens with zero attached hydrogens (tertiary/aromatic N) is 1. The fraction of sp³-hybridized carbons (Fsp3) is 0.471. The van der Waals surface area contributed by atoms with E-state index in [1.54, 1.807) is 19.1 Å². The maximum atomic E-state index is 11.9. The molecule has 1 fully saturated rings. The van der Waals surface area contributed by atoms with Crippen molar-refractivity contribution in [2.75, 3.05) is 6.61 Å². The van der Waals surface area contributed by atoms with Gasteiger partial charge < -0.3 is 10.1 Å². The van der Waals surface area contributed by atoms with Crippen molar-refractivity contribution >= 4 is 11.9 Å². The van der Waals surface area contributed by atoms with E-state index in [1.165, 1.54) is 0 Å². The van der Waals surface area contributed by atoms with Gasteiger partial charge in [0.25, 0.3) is 5.91 Å².